The fourth-order valence-electron chi connectivity index (χ4n) is 3.29. The van der Waals surface area contributed by atoms with Crippen molar-refractivity contribution in [2.75, 3.05) is 0 Å². The summed E-state index contributed by atoms with van der Waals surface area (Å²) in [5.74, 6) is 7.35. The molecule has 4 nitrogen and oxygen atoms in total. The molecule has 1 aromatic heterocycles. The van der Waals surface area contributed by atoms with Crippen LogP contribution in [0.3, 0.4) is 0 Å². The van der Waals surface area contributed by atoms with Crippen molar-refractivity contribution in [3.8, 4) is 0 Å². The van der Waals surface area contributed by atoms with Gasteiger partial charge in [0, 0.05) is 0 Å². The number of nitrogens with zero attached hydrogens (tertiary/aromatic N) is 2. The Bertz CT molecular complexity index is 411. The van der Waals surface area contributed by atoms with Gasteiger partial charge in [-0.25, -0.2) is 0 Å². The predicted octanol–water partition coefficient (Wildman–Crippen LogP) is 2.81. The molecule has 0 spiro atoms. The van der Waals surface area contributed by atoms with E-state index in [-0.39, 0.29) is 6.04 Å². The molecule has 0 amide bonds. The summed E-state index contributed by atoms with van der Waals surface area (Å²) in [5, 5.41) is 8.34. The Morgan fingerprint density at radius 2 is 1.95 bits per heavy atom. The van der Waals surface area contributed by atoms with E-state index in [1.165, 1.54) is 37.7 Å². The highest BCUT2D eigenvalue weighted by Crippen LogP contribution is 2.38. The lowest BCUT2D eigenvalue weighted by atomic mass is 9.76. The van der Waals surface area contributed by atoms with Gasteiger partial charge in [0.25, 0.3) is 0 Å². The first-order chi connectivity index (χ1) is 9.15. The Labute approximate surface area is 116 Å². The van der Waals surface area contributed by atoms with Crippen molar-refractivity contribution in [3.63, 3.8) is 0 Å². The highest BCUT2D eigenvalue weighted by Gasteiger charge is 2.28. The van der Waals surface area contributed by atoms with Gasteiger partial charge in [-0.05, 0) is 50.2 Å². The molecule has 0 aromatic carbocycles. The fraction of sp³-hybridized carbons (Fsp3) is 0.733. The van der Waals surface area contributed by atoms with Crippen LogP contribution in [0, 0.1) is 25.7 Å². The third-order valence-electron chi connectivity index (χ3n) is 4.59. The Hall–Kier alpha value is -1.00. The van der Waals surface area contributed by atoms with Crippen LogP contribution in [0.15, 0.2) is 6.07 Å². The largest absolute Gasteiger partial charge is 0.271 e. The summed E-state index contributed by atoms with van der Waals surface area (Å²) >= 11 is 0. The van der Waals surface area contributed by atoms with Crippen LogP contribution >= 0.6 is 0 Å². The van der Waals surface area contributed by atoms with Gasteiger partial charge in [0.15, 0.2) is 0 Å². The quantitative estimate of drug-likeness (QED) is 0.647. The Kier molecular flexibility index (Phi) is 4.88. The van der Waals surface area contributed by atoms with Crippen molar-refractivity contribution in [2.24, 2.45) is 17.7 Å². The van der Waals surface area contributed by atoms with Crippen LogP contribution in [-0.4, -0.2) is 10.2 Å². The van der Waals surface area contributed by atoms with Crippen LogP contribution in [-0.2, 0) is 0 Å². The van der Waals surface area contributed by atoms with E-state index in [2.05, 4.69) is 28.6 Å². The number of aryl methyl sites for hydroxylation is 2. The maximum atomic E-state index is 5.82. The van der Waals surface area contributed by atoms with E-state index in [4.69, 9.17) is 5.84 Å². The van der Waals surface area contributed by atoms with Crippen LogP contribution in [0.1, 0.15) is 62.0 Å². The molecule has 1 aromatic rings. The van der Waals surface area contributed by atoms with Crippen molar-refractivity contribution >= 4 is 0 Å². The lowest BCUT2D eigenvalue weighted by molar-refractivity contribution is 0.218. The van der Waals surface area contributed by atoms with Gasteiger partial charge in [0.05, 0.1) is 17.4 Å². The molecular weight excluding hydrogens is 236 g/mol. The topological polar surface area (TPSA) is 63.8 Å². The molecule has 1 fully saturated rings. The van der Waals surface area contributed by atoms with Crippen molar-refractivity contribution in [1.29, 1.82) is 0 Å². The summed E-state index contributed by atoms with van der Waals surface area (Å²) in [6.45, 7) is 6.30. The molecule has 1 aliphatic carbocycles. The van der Waals surface area contributed by atoms with Crippen molar-refractivity contribution < 1.29 is 0 Å². The summed E-state index contributed by atoms with van der Waals surface area (Å²) in [4.78, 5) is 0. The monoisotopic (exact) mass is 262 g/mol. The molecule has 1 atom stereocenters. The summed E-state index contributed by atoms with van der Waals surface area (Å²) in [6.07, 6.45) is 6.48. The van der Waals surface area contributed by atoms with E-state index in [0.717, 1.165) is 17.3 Å². The standard InChI is InChI=1S/C15H26N4/c1-4-12-5-7-13(8-6-12)15(17-16)14-9-10(2)18-19-11(14)3/h9,12-13,15,17H,4-8,16H2,1-3H3. The first kappa shape index (κ1) is 14.4. The normalized spacial score (nSPS) is 25.3. The number of hydrogen-bond donors (Lipinski definition) is 2. The fourth-order valence-corrected chi connectivity index (χ4v) is 3.29. The highest BCUT2D eigenvalue weighted by atomic mass is 15.2. The SMILES string of the molecule is CCC1CCC(C(NN)c2cc(C)nnc2C)CC1. The van der Waals surface area contributed by atoms with Crippen molar-refractivity contribution in [1.82, 2.24) is 15.6 Å². The van der Waals surface area contributed by atoms with Crippen LogP contribution in [0.2, 0.25) is 0 Å². The van der Waals surface area contributed by atoms with Gasteiger partial charge in [0.2, 0.25) is 0 Å². The minimum Gasteiger partial charge on any atom is -0.271 e. The van der Waals surface area contributed by atoms with Gasteiger partial charge >= 0.3 is 0 Å². The van der Waals surface area contributed by atoms with Gasteiger partial charge < -0.3 is 0 Å². The number of nitrogens with two attached hydrogens (primary N) is 1. The van der Waals surface area contributed by atoms with E-state index in [0.29, 0.717) is 5.92 Å². The molecule has 0 bridgehead atoms. The molecule has 106 valence electrons. The highest BCUT2D eigenvalue weighted by molar-refractivity contribution is 5.24. The molecule has 0 saturated heterocycles. The third-order valence-corrected chi connectivity index (χ3v) is 4.59. The smallest absolute Gasteiger partial charge is 0.0648 e. The Morgan fingerprint density at radius 1 is 1.26 bits per heavy atom. The number of hydrazine groups is 1. The van der Waals surface area contributed by atoms with Crippen LogP contribution in [0.5, 0.6) is 0 Å². The maximum absolute atomic E-state index is 5.82. The average molecular weight is 262 g/mol. The zero-order valence-corrected chi connectivity index (χ0v) is 12.3. The van der Waals surface area contributed by atoms with E-state index in [1.54, 1.807) is 0 Å². The van der Waals surface area contributed by atoms with Crippen molar-refractivity contribution in [2.45, 2.75) is 58.9 Å². The lowest BCUT2D eigenvalue weighted by Crippen LogP contribution is -2.36. The minimum absolute atomic E-state index is 0.215. The maximum Gasteiger partial charge on any atom is 0.0648 e. The first-order valence-electron chi connectivity index (χ1n) is 7.42. The number of hydrogen-bond acceptors (Lipinski definition) is 4. The molecule has 0 aliphatic heterocycles. The molecule has 3 N–H and O–H groups in total. The van der Waals surface area contributed by atoms with Crippen LogP contribution in [0.4, 0.5) is 0 Å². The Morgan fingerprint density at radius 3 is 2.53 bits per heavy atom. The van der Waals surface area contributed by atoms with E-state index in [9.17, 15) is 0 Å². The van der Waals surface area contributed by atoms with Crippen LogP contribution in [0.25, 0.3) is 0 Å². The van der Waals surface area contributed by atoms with E-state index in [1.807, 2.05) is 13.8 Å². The average Bonchev–Trinajstić information content (AvgIpc) is 2.44. The molecule has 2 rings (SSSR count). The molecular formula is C15H26N4. The molecule has 1 aliphatic rings. The molecule has 0 radical (unpaired) electrons. The molecule has 1 unspecified atom stereocenters. The van der Waals surface area contributed by atoms with Gasteiger partial charge in [-0.3, -0.25) is 11.3 Å². The second-order valence-corrected chi connectivity index (χ2v) is 5.86. The number of nitrogens with one attached hydrogen (secondary N) is 1. The summed E-state index contributed by atoms with van der Waals surface area (Å²) in [6, 6.07) is 2.34. The summed E-state index contributed by atoms with van der Waals surface area (Å²) in [5.41, 5.74) is 6.19. The van der Waals surface area contributed by atoms with Gasteiger partial charge in [-0.1, -0.05) is 26.2 Å². The van der Waals surface area contributed by atoms with E-state index < -0.39 is 0 Å². The second-order valence-electron chi connectivity index (χ2n) is 5.86. The number of rotatable bonds is 4. The predicted molar refractivity (Wildman–Crippen MR) is 77.3 cm³/mol. The van der Waals surface area contributed by atoms with Gasteiger partial charge in [-0.2, -0.15) is 10.2 Å². The minimum atomic E-state index is 0.215. The molecule has 19 heavy (non-hydrogen) atoms. The Balaban J connectivity index is 2.14. The second kappa shape index (κ2) is 6.44. The van der Waals surface area contributed by atoms with Crippen LogP contribution < -0.4 is 11.3 Å². The summed E-state index contributed by atoms with van der Waals surface area (Å²) in [7, 11) is 0. The first-order valence-corrected chi connectivity index (χ1v) is 7.42. The lowest BCUT2D eigenvalue weighted by Gasteiger charge is -2.33. The molecule has 4 heteroatoms. The zero-order valence-electron chi connectivity index (χ0n) is 12.3. The summed E-state index contributed by atoms with van der Waals surface area (Å²) < 4.78 is 0. The zero-order chi connectivity index (χ0) is 13.8. The third kappa shape index (κ3) is 3.31. The molecule has 1 heterocycles. The van der Waals surface area contributed by atoms with Gasteiger partial charge in [-0.15, -0.1) is 0 Å². The number of aromatic nitrogens is 2. The van der Waals surface area contributed by atoms with Crippen molar-refractivity contribution in [3.05, 3.63) is 23.0 Å². The van der Waals surface area contributed by atoms with Gasteiger partial charge in [0.1, 0.15) is 0 Å². The van der Waals surface area contributed by atoms with E-state index >= 15 is 0 Å². The molecule has 1 saturated carbocycles.